The molecule has 11 nitrogen and oxygen atoms in total. The van der Waals surface area contributed by atoms with E-state index in [1.54, 1.807) is 24.3 Å². The number of piperidine rings is 1. The molecule has 7 rings (SSSR count). The van der Waals surface area contributed by atoms with E-state index in [0.29, 0.717) is 50.4 Å². The number of carbonyl (C=O) groups excluding carboxylic acids is 4. The maximum Gasteiger partial charge on any atom is 0.305 e. The molecular weight excluding hydrogens is 712 g/mol. The molecule has 3 amide bonds. The minimum atomic E-state index is -0.660. The van der Waals surface area contributed by atoms with Crippen molar-refractivity contribution in [3.05, 3.63) is 102 Å². The van der Waals surface area contributed by atoms with Crippen LogP contribution in [-0.4, -0.2) is 71.0 Å². The van der Waals surface area contributed by atoms with E-state index in [9.17, 15) is 23.6 Å². The largest absolute Gasteiger partial charge is 0.493 e. The number of thiazole rings is 1. The van der Waals surface area contributed by atoms with Crippen LogP contribution >= 0.6 is 11.3 Å². The molecule has 2 aromatic heterocycles. The van der Waals surface area contributed by atoms with E-state index in [0.717, 1.165) is 56.0 Å². The molecule has 0 aliphatic carbocycles. The molecule has 4 heterocycles. The molecule has 2 aliphatic heterocycles. The number of esters is 1. The lowest BCUT2D eigenvalue weighted by molar-refractivity contribution is -0.144. The minimum Gasteiger partial charge on any atom is -0.493 e. The first-order valence-electron chi connectivity index (χ1n) is 18.1. The van der Waals surface area contributed by atoms with Crippen molar-refractivity contribution in [1.82, 2.24) is 20.2 Å². The number of carbonyl (C=O) groups is 4. The number of aromatic nitrogens is 2. The number of pyridine rings is 1. The summed E-state index contributed by atoms with van der Waals surface area (Å²) in [7, 11) is 0. The fourth-order valence-corrected chi connectivity index (χ4v) is 7.49. The van der Waals surface area contributed by atoms with Crippen LogP contribution in [0.5, 0.6) is 5.75 Å². The lowest BCUT2D eigenvalue weighted by atomic mass is 10.0. The summed E-state index contributed by atoms with van der Waals surface area (Å²) in [5.74, 6) is -0.943. The van der Waals surface area contributed by atoms with Crippen molar-refractivity contribution < 1.29 is 37.8 Å². The first-order valence-corrected chi connectivity index (χ1v) is 18.9. The molecule has 1 N–H and O–H groups in total. The Bertz CT molecular complexity index is 2160. The van der Waals surface area contributed by atoms with Gasteiger partial charge in [0.25, 0.3) is 5.91 Å². The molecule has 3 aromatic carbocycles. The second-order valence-electron chi connectivity index (χ2n) is 13.2. The standard InChI is InChI=1S/C41H39FN4O7S/c42-30-11-15-34-36(23-30)54-40(44-34)27-8-6-26(7-9-27)28-10-12-31(43-24-28)4-1-18-51-19-2-5-38(48)53-21-3-20-52-32-13-14-33-29(22-32)25-46(41(33)50)35-16-17-37(47)45-39(35)49/h6-15,22-24,35H,1-5,16-21,25H2,(H,45,47,49). The lowest BCUT2D eigenvalue weighted by Crippen LogP contribution is -2.52. The van der Waals surface area contributed by atoms with E-state index >= 15 is 0 Å². The van der Waals surface area contributed by atoms with Crippen LogP contribution in [0.2, 0.25) is 0 Å². The van der Waals surface area contributed by atoms with Crippen LogP contribution in [0.15, 0.2) is 79.0 Å². The summed E-state index contributed by atoms with van der Waals surface area (Å²) in [5, 5.41) is 3.16. The first-order chi connectivity index (χ1) is 26.3. The predicted molar refractivity (Wildman–Crippen MR) is 200 cm³/mol. The summed E-state index contributed by atoms with van der Waals surface area (Å²) in [6, 6.07) is 21.4. The highest BCUT2D eigenvalue weighted by Gasteiger charge is 2.39. The molecule has 54 heavy (non-hydrogen) atoms. The highest BCUT2D eigenvalue weighted by atomic mass is 32.1. The molecule has 2 aliphatic rings. The van der Waals surface area contributed by atoms with Gasteiger partial charge in [0, 0.05) is 67.6 Å². The number of imide groups is 1. The fraction of sp³-hybridized carbons (Fsp3) is 0.317. The number of halogens is 1. The van der Waals surface area contributed by atoms with Crippen LogP contribution in [0.25, 0.3) is 31.9 Å². The van der Waals surface area contributed by atoms with Crippen molar-refractivity contribution in [2.45, 2.75) is 57.5 Å². The molecule has 0 saturated carbocycles. The number of benzene rings is 3. The van der Waals surface area contributed by atoms with E-state index in [2.05, 4.69) is 21.4 Å². The smallest absolute Gasteiger partial charge is 0.305 e. The maximum absolute atomic E-state index is 13.6. The van der Waals surface area contributed by atoms with E-state index in [-0.39, 0.29) is 49.6 Å². The van der Waals surface area contributed by atoms with Crippen molar-refractivity contribution in [2.75, 3.05) is 26.4 Å². The van der Waals surface area contributed by atoms with Gasteiger partial charge in [-0.15, -0.1) is 11.3 Å². The molecule has 1 atom stereocenters. The van der Waals surface area contributed by atoms with Gasteiger partial charge >= 0.3 is 5.97 Å². The zero-order chi connectivity index (χ0) is 37.4. The topological polar surface area (TPSA) is 137 Å². The first kappa shape index (κ1) is 36.8. The van der Waals surface area contributed by atoms with Gasteiger partial charge in [-0.2, -0.15) is 0 Å². The maximum atomic E-state index is 13.6. The summed E-state index contributed by atoms with van der Waals surface area (Å²) in [5.41, 5.74) is 6.13. The summed E-state index contributed by atoms with van der Waals surface area (Å²) >= 11 is 1.47. The number of nitrogens with zero attached hydrogens (tertiary/aromatic N) is 3. The summed E-state index contributed by atoms with van der Waals surface area (Å²) in [6.07, 6.45) is 5.35. The van der Waals surface area contributed by atoms with Gasteiger partial charge in [0.1, 0.15) is 22.6 Å². The Labute approximate surface area is 315 Å². The Kier molecular flexibility index (Phi) is 11.6. The number of aryl methyl sites for hydroxylation is 1. The Balaban J connectivity index is 0.731. The number of nitrogens with one attached hydrogen (secondary N) is 1. The highest BCUT2D eigenvalue weighted by molar-refractivity contribution is 7.21. The van der Waals surface area contributed by atoms with Crippen molar-refractivity contribution in [2.24, 2.45) is 0 Å². The molecule has 13 heteroatoms. The third kappa shape index (κ3) is 8.97. The minimum absolute atomic E-state index is 0.207. The average Bonchev–Trinajstić information content (AvgIpc) is 3.74. The molecule has 1 unspecified atom stereocenters. The van der Waals surface area contributed by atoms with Crippen molar-refractivity contribution in [3.63, 3.8) is 0 Å². The Morgan fingerprint density at radius 1 is 0.889 bits per heavy atom. The van der Waals surface area contributed by atoms with Crippen LogP contribution in [0.3, 0.4) is 0 Å². The Morgan fingerprint density at radius 3 is 2.52 bits per heavy atom. The van der Waals surface area contributed by atoms with Gasteiger partial charge < -0.3 is 19.1 Å². The normalized spacial score (nSPS) is 15.4. The van der Waals surface area contributed by atoms with E-state index in [4.69, 9.17) is 14.2 Å². The Hall–Kier alpha value is -5.53. The zero-order valence-corrected chi connectivity index (χ0v) is 30.4. The van der Waals surface area contributed by atoms with Crippen molar-refractivity contribution >= 4 is 45.2 Å². The van der Waals surface area contributed by atoms with Crippen LogP contribution in [0, 0.1) is 5.82 Å². The second kappa shape index (κ2) is 17.1. The number of fused-ring (bicyclic) bond motifs is 2. The molecule has 0 radical (unpaired) electrons. The van der Waals surface area contributed by atoms with Gasteiger partial charge in [0.05, 0.1) is 23.4 Å². The van der Waals surface area contributed by atoms with Crippen LogP contribution in [0.4, 0.5) is 4.39 Å². The van der Waals surface area contributed by atoms with E-state index < -0.39 is 11.9 Å². The van der Waals surface area contributed by atoms with Gasteiger partial charge in [0.2, 0.25) is 11.8 Å². The summed E-state index contributed by atoms with van der Waals surface area (Å²) < 4.78 is 31.2. The van der Waals surface area contributed by atoms with Gasteiger partial charge in [-0.05, 0) is 79.3 Å². The number of hydrogen-bond acceptors (Lipinski definition) is 10. The van der Waals surface area contributed by atoms with Crippen LogP contribution < -0.4 is 10.1 Å². The van der Waals surface area contributed by atoms with Crippen LogP contribution in [0.1, 0.15) is 60.1 Å². The SMILES string of the molecule is O=C1CCC(N2Cc3cc(OCCCOC(=O)CCCOCCCc4ccc(-c5ccc(-c6nc7ccc(F)cc7s6)cc5)cn4)ccc3C2=O)C(=O)N1. The second-order valence-corrected chi connectivity index (χ2v) is 14.2. The molecule has 5 aromatic rings. The lowest BCUT2D eigenvalue weighted by Gasteiger charge is -2.29. The van der Waals surface area contributed by atoms with E-state index in [1.807, 2.05) is 36.5 Å². The molecular formula is C41H39FN4O7S. The number of ether oxygens (including phenoxy) is 3. The van der Waals surface area contributed by atoms with Gasteiger partial charge in [-0.25, -0.2) is 9.37 Å². The molecule has 1 fully saturated rings. The number of amides is 3. The molecule has 0 bridgehead atoms. The van der Waals surface area contributed by atoms with Crippen LogP contribution in [-0.2, 0) is 36.8 Å². The number of hydrogen-bond donors (Lipinski definition) is 1. The zero-order valence-electron chi connectivity index (χ0n) is 29.6. The summed E-state index contributed by atoms with van der Waals surface area (Å²) in [6.45, 7) is 1.89. The third-order valence-corrected chi connectivity index (χ3v) is 10.4. The molecule has 278 valence electrons. The third-order valence-electron chi connectivity index (χ3n) is 9.35. The fourth-order valence-electron chi connectivity index (χ4n) is 6.49. The quantitative estimate of drug-likeness (QED) is 0.0667. The van der Waals surface area contributed by atoms with E-state index in [1.165, 1.54) is 28.4 Å². The number of rotatable bonds is 16. The molecule has 0 spiro atoms. The van der Waals surface area contributed by atoms with Gasteiger partial charge in [-0.3, -0.25) is 29.5 Å². The predicted octanol–water partition coefficient (Wildman–Crippen LogP) is 6.67. The molecule has 1 saturated heterocycles. The van der Waals surface area contributed by atoms with Crippen molar-refractivity contribution in [3.8, 4) is 27.4 Å². The average molecular weight is 751 g/mol. The highest BCUT2D eigenvalue weighted by Crippen LogP contribution is 2.33. The van der Waals surface area contributed by atoms with Gasteiger partial charge in [0.15, 0.2) is 0 Å². The Morgan fingerprint density at radius 2 is 1.70 bits per heavy atom. The monoisotopic (exact) mass is 750 g/mol. The van der Waals surface area contributed by atoms with Crippen molar-refractivity contribution in [1.29, 1.82) is 0 Å². The summed E-state index contributed by atoms with van der Waals surface area (Å²) in [4.78, 5) is 59.5. The van der Waals surface area contributed by atoms with Gasteiger partial charge in [-0.1, -0.05) is 30.3 Å².